The highest BCUT2D eigenvalue weighted by atomic mass is 16.5. The van der Waals surface area contributed by atoms with Crippen LogP contribution < -0.4 is 14.8 Å². The highest BCUT2D eigenvalue weighted by Gasteiger charge is 2.14. The minimum Gasteiger partial charge on any atom is -0.504 e. The summed E-state index contributed by atoms with van der Waals surface area (Å²) in [6, 6.07) is 15.4. The summed E-state index contributed by atoms with van der Waals surface area (Å²) in [4.78, 5) is 20.3. The molecule has 3 aromatic carbocycles. The number of aromatic carboxylic acids is 1. The number of rotatable bonds is 6. The molecular formula is C23H19N3O5. The predicted octanol–water partition coefficient (Wildman–Crippen LogP) is 4.46. The summed E-state index contributed by atoms with van der Waals surface area (Å²) in [6.07, 6.45) is 1.41. The van der Waals surface area contributed by atoms with Crippen molar-refractivity contribution in [1.29, 1.82) is 0 Å². The summed E-state index contributed by atoms with van der Waals surface area (Å²) in [5, 5.41) is 23.2. The monoisotopic (exact) mass is 417 g/mol. The Kier molecular flexibility index (Phi) is 5.28. The number of nitrogens with zero attached hydrogens (tertiary/aromatic N) is 2. The first-order valence-electron chi connectivity index (χ1n) is 9.30. The molecule has 1 heterocycles. The van der Waals surface area contributed by atoms with Crippen molar-refractivity contribution in [2.24, 2.45) is 0 Å². The number of nitrogens with one attached hydrogen (secondary N) is 1. The van der Waals surface area contributed by atoms with Crippen LogP contribution in [-0.4, -0.2) is 40.4 Å². The Morgan fingerprint density at radius 2 is 1.71 bits per heavy atom. The van der Waals surface area contributed by atoms with Crippen LogP contribution in [0.2, 0.25) is 0 Å². The second kappa shape index (κ2) is 8.19. The molecule has 4 aromatic rings. The Bertz CT molecular complexity index is 1290. The molecule has 0 aliphatic carbocycles. The second-order valence-electron chi connectivity index (χ2n) is 6.68. The Morgan fingerprint density at radius 3 is 2.45 bits per heavy atom. The Labute approximate surface area is 177 Å². The maximum absolute atomic E-state index is 11.7. The molecule has 3 N–H and O–H groups in total. The van der Waals surface area contributed by atoms with Gasteiger partial charge in [-0.15, -0.1) is 0 Å². The smallest absolute Gasteiger partial charge is 0.337 e. The van der Waals surface area contributed by atoms with Gasteiger partial charge in [0.2, 0.25) is 0 Å². The van der Waals surface area contributed by atoms with E-state index in [-0.39, 0.29) is 11.3 Å². The van der Waals surface area contributed by atoms with E-state index in [2.05, 4.69) is 15.3 Å². The zero-order chi connectivity index (χ0) is 22.0. The SMILES string of the molecule is COc1ccc(C(=O)O)c(Nc2ncnc3ccc(-c4ccc(O)c(OC)c4)cc23)c1. The zero-order valence-electron chi connectivity index (χ0n) is 16.8. The molecule has 156 valence electrons. The van der Waals surface area contributed by atoms with Gasteiger partial charge < -0.3 is 25.0 Å². The van der Waals surface area contributed by atoms with E-state index in [0.717, 1.165) is 11.1 Å². The average molecular weight is 417 g/mol. The minimum atomic E-state index is -1.07. The number of carboxylic acid groups (broad SMARTS) is 1. The number of benzene rings is 3. The molecule has 0 unspecified atom stereocenters. The Morgan fingerprint density at radius 1 is 0.935 bits per heavy atom. The van der Waals surface area contributed by atoms with Gasteiger partial charge >= 0.3 is 5.97 Å². The van der Waals surface area contributed by atoms with E-state index >= 15 is 0 Å². The van der Waals surface area contributed by atoms with E-state index in [9.17, 15) is 15.0 Å². The first-order valence-corrected chi connectivity index (χ1v) is 9.30. The first-order chi connectivity index (χ1) is 15.0. The molecule has 4 rings (SSSR count). The van der Waals surface area contributed by atoms with E-state index in [1.807, 2.05) is 18.2 Å². The number of carbonyl (C=O) groups is 1. The molecule has 0 saturated heterocycles. The molecular weight excluding hydrogens is 398 g/mol. The van der Waals surface area contributed by atoms with Crippen LogP contribution in [0.15, 0.2) is 60.9 Å². The summed E-state index contributed by atoms with van der Waals surface area (Å²) < 4.78 is 10.4. The third kappa shape index (κ3) is 3.91. The van der Waals surface area contributed by atoms with Crippen molar-refractivity contribution >= 4 is 28.4 Å². The van der Waals surface area contributed by atoms with Gasteiger partial charge in [0, 0.05) is 11.5 Å². The molecule has 0 saturated carbocycles. The molecule has 0 bridgehead atoms. The van der Waals surface area contributed by atoms with E-state index in [0.29, 0.717) is 33.9 Å². The third-order valence-electron chi connectivity index (χ3n) is 4.86. The fraction of sp³-hybridized carbons (Fsp3) is 0.0870. The molecule has 0 amide bonds. The lowest BCUT2D eigenvalue weighted by Crippen LogP contribution is -2.04. The van der Waals surface area contributed by atoms with Gasteiger partial charge in [0.1, 0.15) is 17.9 Å². The van der Waals surface area contributed by atoms with Crippen molar-refractivity contribution in [3.05, 3.63) is 66.5 Å². The fourth-order valence-corrected chi connectivity index (χ4v) is 3.26. The number of methoxy groups -OCH3 is 2. The van der Waals surface area contributed by atoms with Crippen molar-refractivity contribution in [1.82, 2.24) is 9.97 Å². The number of aromatic nitrogens is 2. The number of carboxylic acids is 1. The molecule has 31 heavy (non-hydrogen) atoms. The highest BCUT2D eigenvalue weighted by Crippen LogP contribution is 2.34. The topological polar surface area (TPSA) is 114 Å². The van der Waals surface area contributed by atoms with Gasteiger partial charge in [-0.25, -0.2) is 14.8 Å². The second-order valence-corrected chi connectivity index (χ2v) is 6.68. The van der Waals surface area contributed by atoms with Crippen LogP contribution in [0.3, 0.4) is 0 Å². The standard InChI is InChI=1S/C23H19N3O5/c1-30-15-5-6-16(23(28)29)19(11-15)26-22-17-9-13(3-7-18(17)24-12-25-22)14-4-8-20(27)21(10-14)31-2/h3-12,27H,1-2H3,(H,28,29)(H,24,25,26). The third-order valence-corrected chi connectivity index (χ3v) is 4.86. The van der Waals surface area contributed by atoms with E-state index in [1.165, 1.54) is 26.6 Å². The van der Waals surface area contributed by atoms with Crippen LogP contribution in [0.5, 0.6) is 17.2 Å². The number of hydrogen-bond donors (Lipinski definition) is 3. The van der Waals surface area contributed by atoms with Crippen molar-refractivity contribution in [2.75, 3.05) is 19.5 Å². The zero-order valence-corrected chi connectivity index (χ0v) is 16.8. The largest absolute Gasteiger partial charge is 0.504 e. The average Bonchev–Trinajstić information content (AvgIpc) is 2.79. The molecule has 8 nitrogen and oxygen atoms in total. The number of ether oxygens (including phenoxy) is 2. The molecule has 0 aliphatic rings. The predicted molar refractivity (Wildman–Crippen MR) is 116 cm³/mol. The van der Waals surface area contributed by atoms with Crippen LogP contribution >= 0.6 is 0 Å². The maximum atomic E-state index is 11.7. The van der Waals surface area contributed by atoms with Crippen molar-refractivity contribution in [3.63, 3.8) is 0 Å². The summed E-state index contributed by atoms with van der Waals surface area (Å²) in [5.74, 6) is 0.316. The molecule has 0 radical (unpaired) electrons. The fourth-order valence-electron chi connectivity index (χ4n) is 3.26. The van der Waals surface area contributed by atoms with E-state index < -0.39 is 5.97 Å². The maximum Gasteiger partial charge on any atom is 0.337 e. The molecule has 0 aliphatic heterocycles. The van der Waals surface area contributed by atoms with Crippen LogP contribution in [0, 0.1) is 0 Å². The summed E-state index contributed by atoms with van der Waals surface area (Å²) in [6.45, 7) is 0. The highest BCUT2D eigenvalue weighted by molar-refractivity contribution is 5.99. The molecule has 0 fully saturated rings. The molecule has 0 atom stereocenters. The van der Waals surface area contributed by atoms with E-state index in [4.69, 9.17) is 9.47 Å². The van der Waals surface area contributed by atoms with Crippen molar-refractivity contribution in [3.8, 4) is 28.4 Å². The molecule has 0 spiro atoms. The quantitative estimate of drug-likeness (QED) is 0.421. The molecule has 8 heteroatoms. The first kappa shape index (κ1) is 20.0. The lowest BCUT2D eigenvalue weighted by atomic mass is 10.0. The van der Waals surface area contributed by atoms with Gasteiger partial charge in [0.05, 0.1) is 31.0 Å². The number of hydrogen-bond acceptors (Lipinski definition) is 7. The van der Waals surface area contributed by atoms with Crippen molar-refractivity contribution < 1.29 is 24.5 Å². The van der Waals surface area contributed by atoms with E-state index in [1.54, 1.807) is 30.3 Å². The van der Waals surface area contributed by atoms with Gasteiger partial charge in [-0.1, -0.05) is 12.1 Å². The molecule has 1 aromatic heterocycles. The minimum absolute atomic E-state index is 0.0527. The van der Waals surface area contributed by atoms with Gasteiger partial charge in [-0.2, -0.15) is 0 Å². The van der Waals surface area contributed by atoms with Crippen molar-refractivity contribution in [2.45, 2.75) is 0 Å². The number of anilines is 2. The number of phenolic OH excluding ortho intramolecular Hbond substituents is 1. The Balaban J connectivity index is 1.81. The van der Waals surface area contributed by atoms with Crippen LogP contribution in [-0.2, 0) is 0 Å². The number of phenols is 1. The summed E-state index contributed by atoms with van der Waals surface area (Å²) in [7, 11) is 3.00. The lowest BCUT2D eigenvalue weighted by molar-refractivity contribution is 0.0698. The van der Waals surface area contributed by atoms with Crippen LogP contribution in [0.25, 0.3) is 22.0 Å². The van der Waals surface area contributed by atoms with Gasteiger partial charge in [-0.05, 0) is 47.5 Å². The lowest BCUT2D eigenvalue weighted by Gasteiger charge is -2.13. The summed E-state index contributed by atoms with van der Waals surface area (Å²) in [5.41, 5.74) is 2.81. The van der Waals surface area contributed by atoms with Gasteiger partial charge in [0.15, 0.2) is 11.5 Å². The van der Waals surface area contributed by atoms with Crippen LogP contribution in [0.4, 0.5) is 11.5 Å². The van der Waals surface area contributed by atoms with Crippen LogP contribution in [0.1, 0.15) is 10.4 Å². The summed E-state index contributed by atoms with van der Waals surface area (Å²) >= 11 is 0. The van der Waals surface area contributed by atoms with Gasteiger partial charge in [-0.3, -0.25) is 0 Å². The Hall–Kier alpha value is -4.33. The van der Waals surface area contributed by atoms with Gasteiger partial charge in [0.25, 0.3) is 0 Å². The number of aromatic hydroxyl groups is 1. The number of fused-ring (bicyclic) bond motifs is 1. The normalized spacial score (nSPS) is 10.6.